The summed E-state index contributed by atoms with van der Waals surface area (Å²) in [7, 11) is 0. The first kappa shape index (κ1) is 20.3. The van der Waals surface area contributed by atoms with Gasteiger partial charge in [0, 0.05) is 34.2 Å². The fourth-order valence-corrected chi connectivity index (χ4v) is 3.82. The number of nitrogens with zero attached hydrogens (tertiary/aromatic N) is 6. The number of para-hydroxylation sites is 1. The van der Waals surface area contributed by atoms with E-state index in [1.807, 2.05) is 49.4 Å². The molecule has 2 aromatic heterocycles. The zero-order valence-electron chi connectivity index (χ0n) is 17.6. The Labute approximate surface area is 188 Å². The molecule has 0 N–H and O–H groups in total. The summed E-state index contributed by atoms with van der Waals surface area (Å²) in [6.07, 6.45) is 0. The molecule has 33 heavy (non-hydrogen) atoms. The number of nitro benzene ring substituents is 1. The van der Waals surface area contributed by atoms with E-state index in [1.165, 1.54) is 23.1 Å². The number of fused-ring (bicyclic) bond motifs is 3. The second-order valence-corrected chi connectivity index (χ2v) is 7.52. The van der Waals surface area contributed by atoms with E-state index in [9.17, 15) is 14.9 Å². The number of aryl methyl sites for hydroxylation is 1. The highest BCUT2D eigenvalue weighted by Gasteiger charge is 2.23. The van der Waals surface area contributed by atoms with E-state index in [0.717, 1.165) is 16.5 Å². The van der Waals surface area contributed by atoms with Crippen molar-refractivity contribution in [3.8, 4) is 0 Å². The van der Waals surface area contributed by atoms with Crippen molar-refractivity contribution in [3.63, 3.8) is 0 Å². The summed E-state index contributed by atoms with van der Waals surface area (Å²) in [5, 5.41) is 26.4. The van der Waals surface area contributed by atoms with Crippen LogP contribution >= 0.6 is 0 Å². The van der Waals surface area contributed by atoms with Crippen molar-refractivity contribution in [1.29, 1.82) is 0 Å². The Bertz CT molecular complexity index is 1510. The number of benzene rings is 3. The lowest BCUT2D eigenvalue weighted by Crippen LogP contribution is -2.31. The third-order valence-corrected chi connectivity index (χ3v) is 5.43. The van der Waals surface area contributed by atoms with Crippen LogP contribution in [0.3, 0.4) is 0 Å². The number of carbonyl (C=O) groups is 1. The molecule has 0 bridgehead atoms. The van der Waals surface area contributed by atoms with Crippen LogP contribution in [-0.2, 0) is 6.54 Å². The van der Waals surface area contributed by atoms with Crippen molar-refractivity contribution in [2.75, 3.05) is 4.90 Å². The number of anilines is 1. The molecule has 0 saturated carbocycles. The predicted octanol–water partition coefficient (Wildman–Crippen LogP) is 4.34. The maximum absolute atomic E-state index is 13.5. The van der Waals surface area contributed by atoms with E-state index in [0.29, 0.717) is 17.2 Å². The van der Waals surface area contributed by atoms with Crippen molar-refractivity contribution in [2.24, 2.45) is 0 Å². The molecule has 0 fully saturated rings. The number of hydrogen-bond donors (Lipinski definition) is 0. The molecule has 5 rings (SSSR count). The van der Waals surface area contributed by atoms with Crippen LogP contribution in [0.2, 0.25) is 0 Å². The first-order chi connectivity index (χ1) is 16.0. The standard InChI is InChI=1S/C24H18N6O3/c1-16-20-12-5-6-13-21(20)23-26-25-22(29(23)27-16)15-28(18-9-3-2-4-10-18)24(31)17-8-7-11-19(14-17)30(32)33/h2-14H,15H2,1H3. The van der Waals surface area contributed by atoms with E-state index in [4.69, 9.17) is 0 Å². The van der Waals surface area contributed by atoms with Gasteiger partial charge in [-0.05, 0) is 25.1 Å². The van der Waals surface area contributed by atoms with Crippen molar-refractivity contribution in [3.05, 3.63) is 106 Å². The van der Waals surface area contributed by atoms with Crippen LogP contribution in [0.4, 0.5) is 11.4 Å². The lowest BCUT2D eigenvalue weighted by atomic mass is 10.1. The van der Waals surface area contributed by atoms with Gasteiger partial charge >= 0.3 is 0 Å². The average Bonchev–Trinajstić information content (AvgIpc) is 3.25. The molecule has 3 aromatic carbocycles. The van der Waals surface area contributed by atoms with Crippen LogP contribution in [0.1, 0.15) is 21.9 Å². The number of rotatable bonds is 5. The first-order valence-electron chi connectivity index (χ1n) is 10.2. The van der Waals surface area contributed by atoms with Gasteiger partial charge in [0.25, 0.3) is 11.6 Å². The maximum atomic E-state index is 13.5. The minimum absolute atomic E-state index is 0.0808. The number of non-ortho nitro benzene ring substituents is 1. The monoisotopic (exact) mass is 438 g/mol. The molecule has 0 aliphatic carbocycles. The number of hydrogen-bond acceptors (Lipinski definition) is 6. The molecule has 0 atom stereocenters. The van der Waals surface area contributed by atoms with Gasteiger partial charge in [-0.2, -0.15) is 9.61 Å². The summed E-state index contributed by atoms with van der Waals surface area (Å²) < 4.78 is 1.65. The van der Waals surface area contributed by atoms with Gasteiger partial charge in [-0.15, -0.1) is 10.2 Å². The van der Waals surface area contributed by atoms with E-state index in [1.54, 1.807) is 22.7 Å². The smallest absolute Gasteiger partial charge is 0.270 e. The molecule has 0 spiro atoms. The molecule has 2 heterocycles. The van der Waals surface area contributed by atoms with Crippen molar-refractivity contribution < 1.29 is 9.72 Å². The molecule has 0 aliphatic rings. The summed E-state index contributed by atoms with van der Waals surface area (Å²) in [5.41, 5.74) is 2.10. The van der Waals surface area contributed by atoms with Crippen LogP contribution in [0.25, 0.3) is 16.4 Å². The van der Waals surface area contributed by atoms with E-state index in [2.05, 4.69) is 15.3 Å². The molecule has 9 nitrogen and oxygen atoms in total. The number of nitro groups is 1. The fourth-order valence-electron chi connectivity index (χ4n) is 3.82. The molecule has 0 saturated heterocycles. The molecule has 0 radical (unpaired) electrons. The lowest BCUT2D eigenvalue weighted by Gasteiger charge is -2.22. The fraction of sp³-hybridized carbons (Fsp3) is 0.0833. The Morgan fingerprint density at radius 1 is 0.970 bits per heavy atom. The van der Waals surface area contributed by atoms with Gasteiger partial charge < -0.3 is 4.90 Å². The summed E-state index contributed by atoms with van der Waals surface area (Å²) in [4.78, 5) is 25.7. The molecule has 1 amide bonds. The molecule has 162 valence electrons. The zero-order chi connectivity index (χ0) is 22.9. The summed E-state index contributed by atoms with van der Waals surface area (Å²) in [6, 6.07) is 22.6. The van der Waals surface area contributed by atoms with Crippen LogP contribution < -0.4 is 4.90 Å². The highest BCUT2D eigenvalue weighted by atomic mass is 16.6. The molecule has 0 unspecified atom stereocenters. The van der Waals surface area contributed by atoms with Gasteiger partial charge in [-0.3, -0.25) is 14.9 Å². The number of amides is 1. The third kappa shape index (κ3) is 3.65. The van der Waals surface area contributed by atoms with Crippen LogP contribution in [0, 0.1) is 17.0 Å². The number of aromatic nitrogens is 4. The summed E-state index contributed by atoms with van der Waals surface area (Å²) in [6.45, 7) is 1.99. The van der Waals surface area contributed by atoms with Crippen LogP contribution in [-0.4, -0.2) is 30.6 Å². The Morgan fingerprint density at radius 3 is 2.45 bits per heavy atom. The van der Waals surface area contributed by atoms with Gasteiger partial charge in [-0.25, -0.2) is 0 Å². The highest BCUT2D eigenvalue weighted by molar-refractivity contribution is 6.06. The van der Waals surface area contributed by atoms with Crippen LogP contribution in [0.5, 0.6) is 0 Å². The summed E-state index contributed by atoms with van der Waals surface area (Å²) in [5.74, 6) is 0.0839. The normalized spacial score (nSPS) is 11.1. The molecular weight excluding hydrogens is 420 g/mol. The average molecular weight is 438 g/mol. The highest BCUT2D eigenvalue weighted by Crippen LogP contribution is 2.24. The van der Waals surface area contributed by atoms with E-state index < -0.39 is 4.92 Å². The minimum Gasteiger partial charge on any atom is -0.301 e. The Balaban J connectivity index is 1.60. The van der Waals surface area contributed by atoms with Gasteiger partial charge in [0.15, 0.2) is 11.5 Å². The summed E-state index contributed by atoms with van der Waals surface area (Å²) >= 11 is 0. The SMILES string of the molecule is Cc1nn2c(CN(C(=O)c3cccc([N+](=O)[O-])c3)c3ccccc3)nnc2c2ccccc12. The zero-order valence-corrected chi connectivity index (χ0v) is 17.6. The van der Waals surface area contributed by atoms with E-state index >= 15 is 0 Å². The minimum atomic E-state index is -0.520. The Morgan fingerprint density at radius 2 is 1.70 bits per heavy atom. The van der Waals surface area contributed by atoms with Gasteiger partial charge in [-0.1, -0.05) is 48.5 Å². The van der Waals surface area contributed by atoms with Gasteiger partial charge in [0.05, 0.1) is 17.2 Å². The molecule has 0 aliphatic heterocycles. The third-order valence-electron chi connectivity index (χ3n) is 5.43. The number of carbonyl (C=O) groups excluding carboxylic acids is 1. The van der Waals surface area contributed by atoms with Crippen LogP contribution in [0.15, 0.2) is 78.9 Å². The molecular formula is C24H18N6O3. The molecule has 5 aromatic rings. The second-order valence-electron chi connectivity index (χ2n) is 7.52. The largest absolute Gasteiger partial charge is 0.301 e. The quantitative estimate of drug-likeness (QED) is 0.298. The maximum Gasteiger partial charge on any atom is 0.270 e. The van der Waals surface area contributed by atoms with Crippen molar-refractivity contribution in [2.45, 2.75) is 13.5 Å². The predicted molar refractivity (Wildman–Crippen MR) is 123 cm³/mol. The van der Waals surface area contributed by atoms with E-state index in [-0.39, 0.29) is 23.7 Å². The van der Waals surface area contributed by atoms with Crippen molar-refractivity contribution in [1.82, 2.24) is 19.8 Å². The molecule has 9 heteroatoms. The first-order valence-corrected chi connectivity index (χ1v) is 10.2. The Kier molecular flexibility index (Phi) is 4.98. The lowest BCUT2D eigenvalue weighted by molar-refractivity contribution is -0.384. The van der Waals surface area contributed by atoms with Gasteiger partial charge in [0.2, 0.25) is 0 Å². The Hall–Kier alpha value is -4.66. The van der Waals surface area contributed by atoms with Crippen molar-refractivity contribution >= 4 is 33.7 Å². The van der Waals surface area contributed by atoms with Gasteiger partial charge in [0.1, 0.15) is 0 Å². The second kappa shape index (κ2) is 8.12. The topological polar surface area (TPSA) is 107 Å².